The lowest BCUT2D eigenvalue weighted by Gasteiger charge is -2.01. The van der Waals surface area contributed by atoms with E-state index in [0.29, 0.717) is 5.56 Å². The van der Waals surface area contributed by atoms with Gasteiger partial charge in [-0.15, -0.1) is 0 Å². The van der Waals surface area contributed by atoms with Crippen LogP contribution in [0.4, 0.5) is 0 Å². The van der Waals surface area contributed by atoms with Crippen LogP contribution in [0.25, 0.3) is 0 Å². The summed E-state index contributed by atoms with van der Waals surface area (Å²) in [6.07, 6.45) is 0. The molecule has 2 N–H and O–H groups in total. The molecule has 1 aromatic rings. The van der Waals surface area contributed by atoms with Crippen LogP contribution in [0.1, 0.15) is 10.4 Å². The van der Waals surface area contributed by atoms with Gasteiger partial charge in [0.2, 0.25) is 5.91 Å². The molecule has 0 saturated carbocycles. The third-order valence-corrected chi connectivity index (χ3v) is 4.47. The molecule has 0 aromatic heterocycles. The van der Waals surface area contributed by atoms with Crippen LogP contribution in [0.15, 0.2) is 29.2 Å². The summed E-state index contributed by atoms with van der Waals surface area (Å²) in [5, 5.41) is 0. The third kappa shape index (κ3) is 11.8. The average Bonchev–Trinajstić information content (AvgIpc) is 2.27. The van der Waals surface area contributed by atoms with Crippen LogP contribution in [-0.2, 0) is 0 Å². The minimum atomic E-state index is -0.528. The normalized spacial score (nSPS) is 10.7. The highest BCUT2D eigenvalue weighted by Crippen LogP contribution is 2.29. The Labute approximate surface area is 155 Å². The van der Waals surface area contributed by atoms with Gasteiger partial charge in [0.1, 0.15) is 0 Å². The Hall–Kier alpha value is 1.13. The maximum atomic E-state index is 10.7. The minimum absolute atomic E-state index is 0.440. The number of primary amides is 1. The molecule has 0 spiro atoms. The Morgan fingerprint density at radius 3 is 1.60 bits per heavy atom. The number of nitrogens with two attached hydrogens (primary N) is 1. The molecule has 0 aliphatic heterocycles. The summed E-state index contributed by atoms with van der Waals surface area (Å²) in [7, 11) is 0. The second-order valence-electron chi connectivity index (χ2n) is 2.92. The van der Waals surface area contributed by atoms with Crippen LogP contribution in [0, 0.1) is 0 Å². The van der Waals surface area contributed by atoms with Gasteiger partial charge in [-0.2, -0.15) is 0 Å². The maximum Gasteiger partial charge on any atom is 0.248 e. The van der Waals surface area contributed by atoms with Gasteiger partial charge in [0.05, 0.1) is 0 Å². The molecule has 0 unspecified atom stereocenters. The number of halogens is 6. The van der Waals surface area contributed by atoms with Crippen molar-refractivity contribution in [3.05, 3.63) is 29.8 Å². The summed E-state index contributed by atoms with van der Waals surface area (Å²) in [5.41, 5.74) is 5.54. The Kier molecular flexibility index (Phi) is 12.3. The molecular formula is C10H9Cl6NOS2. The highest BCUT2D eigenvalue weighted by molar-refractivity contribution is 8.05. The second kappa shape index (κ2) is 11.7. The fraction of sp³-hybridized carbons (Fsp3) is 0.300. The second-order valence-corrected chi connectivity index (χ2v) is 10.2. The summed E-state index contributed by atoms with van der Waals surface area (Å²) < 4.78 is -1.56. The SMILES string of the molecule is ClC(Cl)SC(Cl)Cl.NC(=O)c1ccc(SC(Cl)Cl)cc1. The van der Waals surface area contributed by atoms with E-state index in [-0.39, 0.29) is 0 Å². The van der Waals surface area contributed by atoms with Gasteiger partial charge >= 0.3 is 0 Å². The molecule has 0 bridgehead atoms. The average molecular weight is 436 g/mol. The number of amides is 1. The van der Waals surface area contributed by atoms with Crippen molar-refractivity contribution in [3.63, 3.8) is 0 Å². The zero-order valence-corrected chi connectivity index (χ0v) is 15.8. The number of carbonyl (C=O) groups excluding carboxylic acids is 1. The minimum Gasteiger partial charge on any atom is -0.366 e. The first-order valence-corrected chi connectivity index (χ1v) is 9.23. The monoisotopic (exact) mass is 433 g/mol. The van der Waals surface area contributed by atoms with Crippen molar-refractivity contribution in [3.8, 4) is 0 Å². The summed E-state index contributed by atoms with van der Waals surface area (Å²) in [4.78, 5) is 11.6. The number of thioether (sulfide) groups is 2. The van der Waals surface area contributed by atoms with Crippen molar-refractivity contribution in [2.45, 2.75) is 17.4 Å². The van der Waals surface area contributed by atoms with Crippen LogP contribution in [0.5, 0.6) is 0 Å². The van der Waals surface area contributed by atoms with E-state index in [4.69, 9.17) is 75.3 Å². The Balaban J connectivity index is 0.000000441. The Bertz CT molecular complexity index is 395. The lowest BCUT2D eigenvalue weighted by atomic mass is 10.2. The van der Waals surface area contributed by atoms with Gasteiger partial charge in [-0.05, 0) is 24.3 Å². The molecule has 1 aromatic carbocycles. The van der Waals surface area contributed by atoms with E-state index in [0.717, 1.165) is 16.7 Å². The highest BCUT2D eigenvalue weighted by atomic mass is 35.5. The largest absolute Gasteiger partial charge is 0.366 e. The summed E-state index contributed by atoms with van der Waals surface area (Å²) >= 11 is 34.4. The van der Waals surface area contributed by atoms with Gasteiger partial charge in [-0.25, -0.2) is 0 Å². The number of hydrogen-bond donors (Lipinski definition) is 1. The molecule has 0 fully saturated rings. The molecule has 1 amide bonds. The van der Waals surface area contributed by atoms with E-state index in [1.807, 2.05) is 0 Å². The van der Waals surface area contributed by atoms with Gasteiger partial charge < -0.3 is 5.73 Å². The molecular weight excluding hydrogens is 427 g/mol. The number of carbonyl (C=O) groups is 1. The van der Waals surface area contributed by atoms with Crippen molar-refractivity contribution in [2.75, 3.05) is 0 Å². The van der Waals surface area contributed by atoms with Gasteiger partial charge in [-0.1, -0.05) is 93.1 Å². The smallest absolute Gasteiger partial charge is 0.248 e. The van der Waals surface area contributed by atoms with E-state index in [1.165, 1.54) is 11.8 Å². The van der Waals surface area contributed by atoms with Crippen molar-refractivity contribution in [2.24, 2.45) is 5.73 Å². The molecule has 0 atom stereocenters. The first-order valence-electron chi connectivity index (χ1n) is 4.78. The van der Waals surface area contributed by atoms with Gasteiger partial charge in [0, 0.05) is 10.5 Å². The van der Waals surface area contributed by atoms with Crippen molar-refractivity contribution in [1.82, 2.24) is 0 Å². The molecule has 20 heavy (non-hydrogen) atoms. The molecule has 10 heteroatoms. The van der Waals surface area contributed by atoms with Crippen molar-refractivity contribution in [1.29, 1.82) is 0 Å². The van der Waals surface area contributed by atoms with Crippen molar-refractivity contribution >= 4 is 99.0 Å². The third-order valence-electron chi connectivity index (χ3n) is 1.57. The molecule has 2 nitrogen and oxygen atoms in total. The van der Waals surface area contributed by atoms with Crippen LogP contribution >= 0.6 is 93.1 Å². The van der Waals surface area contributed by atoms with Crippen LogP contribution < -0.4 is 5.73 Å². The fourth-order valence-corrected chi connectivity index (χ4v) is 4.02. The zero-order valence-electron chi connectivity index (χ0n) is 9.61. The fourth-order valence-electron chi connectivity index (χ4n) is 0.878. The standard InChI is InChI=1S/C8H7Cl2NOS.C2H2Cl4S/c9-8(10)13-6-3-1-5(2-4-6)7(11)12;3-1(4)7-2(5)6/h1-4,8H,(H2,11,12);1-2H. The lowest BCUT2D eigenvalue weighted by Crippen LogP contribution is -2.10. The number of alkyl halides is 6. The molecule has 114 valence electrons. The van der Waals surface area contributed by atoms with Crippen LogP contribution in [-0.4, -0.2) is 18.4 Å². The first-order chi connectivity index (χ1) is 9.22. The van der Waals surface area contributed by atoms with E-state index in [1.54, 1.807) is 24.3 Å². The van der Waals surface area contributed by atoms with Gasteiger partial charge in [0.25, 0.3) is 0 Å². The topological polar surface area (TPSA) is 43.1 Å². The molecule has 0 aliphatic rings. The highest BCUT2D eigenvalue weighted by Gasteiger charge is 2.04. The predicted octanol–water partition coefficient (Wildman–Crippen LogP) is 5.88. The Morgan fingerprint density at radius 2 is 1.35 bits per heavy atom. The molecule has 1 rings (SSSR count). The summed E-state index contributed by atoms with van der Waals surface area (Å²) in [6, 6.07) is 6.78. The van der Waals surface area contributed by atoms with Crippen LogP contribution in [0.2, 0.25) is 0 Å². The van der Waals surface area contributed by atoms with Gasteiger partial charge in [-0.3, -0.25) is 4.79 Å². The number of rotatable bonds is 5. The molecule has 0 aliphatic carbocycles. The first kappa shape index (κ1) is 21.1. The van der Waals surface area contributed by atoms with E-state index in [9.17, 15) is 4.79 Å². The molecule has 0 heterocycles. The number of benzene rings is 1. The zero-order chi connectivity index (χ0) is 15.7. The van der Waals surface area contributed by atoms with Gasteiger partial charge in [0.15, 0.2) is 12.5 Å². The van der Waals surface area contributed by atoms with Crippen LogP contribution in [0.3, 0.4) is 0 Å². The maximum absolute atomic E-state index is 10.7. The summed E-state index contributed by atoms with van der Waals surface area (Å²) in [6.45, 7) is 0. The molecule has 0 radical (unpaired) electrons. The lowest BCUT2D eigenvalue weighted by molar-refractivity contribution is 0.1000. The Morgan fingerprint density at radius 1 is 0.900 bits per heavy atom. The van der Waals surface area contributed by atoms with E-state index < -0.39 is 18.4 Å². The van der Waals surface area contributed by atoms with Crippen molar-refractivity contribution < 1.29 is 4.79 Å². The van der Waals surface area contributed by atoms with E-state index >= 15 is 0 Å². The quantitative estimate of drug-likeness (QED) is 0.463. The predicted molar refractivity (Wildman–Crippen MR) is 94.9 cm³/mol. The van der Waals surface area contributed by atoms with E-state index in [2.05, 4.69) is 0 Å². The molecule has 0 saturated heterocycles. The summed E-state index contributed by atoms with van der Waals surface area (Å²) in [5.74, 6) is -0.440. The number of hydrogen-bond acceptors (Lipinski definition) is 3.